The summed E-state index contributed by atoms with van der Waals surface area (Å²) in [5, 5.41) is 18.1. The number of amides is 1. The predicted octanol–water partition coefficient (Wildman–Crippen LogP) is 12.8. The number of aryl methyl sites for hydroxylation is 2. The molecule has 0 atom stereocenters. The van der Waals surface area contributed by atoms with Gasteiger partial charge in [0.15, 0.2) is 0 Å². The topological polar surface area (TPSA) is 77.1 Å². The lowest BCUT2D eigenvalue weighted by Crippen LogP contribution is -2.26. The summed E-state index contributed by atoms with van der Waals surface area (Å²) in [5.74, 6) is 0.767. The van der Waals surface area contributed by atoms with Gasteiger partial charge in [-0.2, -0.15) is 10.5 Å². The smallest absolute Gasteiger partial charge is 0.258 e. The van der Waals surface area contributed by atoms with Crippen molar-refractivity contribution in [2.24, 2.45) is 0 Å². The maximum Gasteiger partial charge on any atom is 0.258 e. The van der Waals surface area contributed by atoms with Crippen LogP contribution in [0.2, 0.25) is 0 Å². The van der Waals surface area contributed by atoms with Crippen LogP contribution in [-0.2, 0) is 6.42 Å². The molecule has 1 amide bonds. The minimum absolute atomic E-state index is 0.0697. The van der Waals surface area contributed by atoms with Gasteiger partial charge in [0.1, 0.15) is 5.75 Å². The van der Waals surface area contributed by atoms with Crippen LogP contribution in [0.15, 0.2) is 140 Å². The Balaban J connectivity index is 0.824. The molecule has 0 bridgehead atoms. The molecule has 0 radical (unpaired) electrons. The number of carbonyl (C=O) groups excluding carboxylic acids is 1. The van der Waals surface area contributed by atoms with Crippen LogP contribution in [0.3, 0.4) is 0 Å². The first kappa shape index (κ1) is 39.3. The zero-order valence-corrected chi connectivity index (χ0v) is 32.5. The van der Waals surface area contributed by atoms with Crippen molar-refractivity contribution < 1.29 is 9.53 Å². The first-order valence-corrected chi connectivity index (χ1v) is 19.7. The van der Waals surface area contributed by atoms with E-state index in [-0.39, 0.29) is 5.91 Å². The van der Waals surface area contributed by atoms with Crippen molar-refractivity contribution in [2.75, 3.05) is 18.6 Å². The summed E-state index contributed by atoms with van der Waals surface area (Å²) < 4.78 is 6.07. The second-order valence-corrected chi connectivity index (χ2v) is 14.5. The van der Waals surface area contributed by atoms with Crippen LogP contribution in [0.5, 0.6) is 5.75 Å². The number of ether oxygens (including phenoxy) is 1. The second kappa shape index (κ2) is 19.8. The van der Waals surface area contributed by atoms with Crippen LogP contribution < -0.4 is 9.64 Å². The van der Waals surface area contributed by atoms with Crippen molar-refractivity contribution in [2.45, 2.75) is 64.7 Å². The maximum atomic E-state index is 13.3. The highest BCUT2D eigenvalue weighted by atomic mass is 16.5. The van der Waals surface area contributed by atoms with E-state index in [0.29, 0.717) is 23.3 Å². The van der Waals surface area contributed by atoms with Gasteiger partial charge in [0, 0.05) is 18.3 Å². The molecule has 0 N–H and O–H groups in total. The zero-order valence-electron chi connectivity index (χ0n) is 32.5. The highest BCUT2D eigenvalue weighted by molar-refractivity contribution is 6.06. The van der Waals surface area contributed by atoms with Crippen molar-refractivity contribution in [3.63, 3.8) is 0 Å². The fourth-order valence-corrected chi connectivity index (χ4v) is 7.08. The Bertz CT molecular complexity index is 2260. The Morgan fingerprint density at radius 2 is 0.946 bits per heavy atom. The van der Waals surface area contributed by atoms with Gasteiger partial charge in [-0.25, -0.2) is 0 Å². The Labute approximate surface area is 332 Å². The summed E-state index contributed by atoms with van der Waals surface area (Å²) in [6, 6.07) is 50.6. The summed E-state index contributed by atoms with van der Waals surface area (Å²) in [6.07, 6.45) is 10.9. The van der Waals surface area contributed by atoms with E-state index in [1.807, 2.05) is 85.8 Å². The monoisotopic (exact) mass is 735 g/mol. The van der Waals surface area contributed by atoms with Crippen LogP contribution in [-0.4, -0.2) is 19.6 Å². The van der Waals surface area contributed by atoms with Gasteiger partial charge in [0.05, 0.1) is 29.9 Å². The molecule has 0 unspecified atom stereocenters. The molecular weight excluding hydrogens is 687 g/mol. The summed E-state index contributed by atoms with van der Waals surface area (Å²) in [4.78, 5) is 15.0. The Kier molecular flexibility index (Phi) is 13.9. The summed E-state index contributed by atoms with van der Waals surface area (Å²) in [6.45, 7) is 2.71. The van der Waals surface area contributed by atoms with Gasteiger partial charge >= 0.3 is 0 Å². The fraction of sp³-hybridized carbons (Fsp3) is 0.235. The molecule has 6 rings (SSSR count). The van der Waals surface area contributed by atoms with Gasteiger partial charge in [-0.1, -0.05) is 123 Å². The van der Waals surface area contributed by atoms with E-state index in [2.05, 4.69) is 60.7 Å². The maximum absolute atomic E-state index is 13.3. The molecule has 280 valence electrons. The van der Waals surface area contributed by atoms with E-state index < -0.39 is 0 Å². The lowest BCUT2D eigenvalue weighted by Gasteiger charge is -2.20. The van der Waals surface area contributed by atoms with Crippen LogP contribution in [0.4, 0.5) is 5.69 Å². The first-order valence-electron chi connectivity index (χ1n) is 19.7. The third-order valence-corrected chi connectivity index (χ3v) is 10.5. The van der Waals surface area contributed by atoms with E-state index >= 15 is 0 Å². The van der Waals surface area contributed by atoms with E-state index in [0.717, 1.165) is 52.1 Å². The van der Waals surface area contributed by atoms with Crippen LogP contribution in [0, 0.1) is 29.6 Å². The number of benzene rings is 6. The Morgan fingerprint density at radius 3 is 1.41 bits per heavy atom. The second-order valence-electron chi connectivity index (χ2n) is 14.5. The molecule has 0 saturated heterocycles. The lowest BCUT2D eigenvalue weighted by atomic mass is 9.98. The van der Waals surface area contributed by atoms with Gasteiger partial charge in [-0.05, 0) is 125 Å². The molecule has 0 heterocycles. The number of hydrogen-bond donors (Lipinski definition) is 0. The molecule has 6 aromatic rings. The molecule has 0 aliphatic heterocycles. The minimum Gasteiger partial charge on any atom is -0.494 e. The standard InChI is InChI=1S/C51H49N3O2/c1-38-35-49(32-33-50(38)54(2)51(55)48-30-28-47(29-31-48)44-22-16-41(37-53)17-23-44)56-34-10-8-6-4-3-5-7-9-11-39-12-18-42(19-13-39)45-24-26-46(27-25-45)43-20-14-40(36-52)15-21-43/h12-33,35H,3-11,34H2,1-2H3. The average Bonchev–Trinajstić information content (AvgIpc) is 3.25. The van der Waals surface area contributed by atoms with Crippen LogP contribution >= 0.6 is 0 Å². The molecule has 56 heavy (non-hydrogen) atoms. The highest BCUT2D eigenvalue weighted by Gasteiger charge is 2.16. The van der Waals surface area contributed by atoms with Crippen molar-refractivity contribution >= 4 is 11.6 Å². The summed E-state index contributed by atoms with van der Waals surface area (Å²) in [7, 11) is 1.81. The Hall–Kier alpha value is -6.43. The average molecular weight is 736 g/mol. The molecule has 0 spiro atoms. The van der Waals surface area contributed by atoms with Crippen LogP contribution in [0.25, 0.3) is 33.4 Å². The predicted molar refractivity (Wildman–Crippen MR) is 229 cm³/mol. The Morgan fingerprint density at radius 1 is 0.536 bits per heavy atom. The number of unbranched alkanes of at least 4 members (excludes halogenated alkanes) is 7. The first-order chi connectivity index (χ1) is 27.4. The summed E-state index contributed by atoms with van der Waals surface area (Å²) in [5.41, 5.74) is 11.9. The van der Waals surface area contributed by atoms with Gasteiger partial charge in [-0.3, -0.25) is 4.79 Å². The normalized spacial score (nSPS) is 10.7. The molecule has 0 aromatic heterocycles. The van der Waals surface area contributed by atoms with Gasteiger partial charge < -0.3 is 9.64 Å². The fourth-order valence-electron chi connectivity index (χ4n) is 7.08. The van der Waals surface area contributed by atoms with Gasteiger partial charge in [0.25, 0.3) is 5.91 Å². The number of anilines is 1. The molecule has 0 saturated carbocycles. The quantitative estimate of drug-likeness (QED) is 0.0874. The van der Waals surface area contributed by atoms with E-state index in [4.69, 9.17) is 15.3 Å². The number of hydrogen-bond acceptors (Lipinski definition) is 4. The van der Waals surface area contributed by atoms with Crippen molar-refractivity contribution in [1.29, 1.82) is 10.5 Å². The number of nitrogens with zero attached hydrogens (tertiary/aromatic N) is 3. The van der Waals surface area contributed by atoms with Crippen molar-refractivity contribution in [3.05, 3.63) is 167 Å². The van der Waals surface area contributed by atoms with Gasteiger partial charge in [0.2, 0.25) is 0 Å². The SMILES string of the molecule is Cc1cc(OCCCCCCCCCCc2ccc(-c3ccc(-c4ccc(C#N)cc4)cc3)cc2)ccc1N(C)C(=O)c1ccc(-c2ccc(C#N)cc2)cc1. The largest absolute Gasteiger partial charge is 0.494 e. The minimum atomic E-state index is -0.0697. The zero-order chi connectivity index (χ0) is 39.1. The molecular formula is C51H49N3O2. The van der Waals surface area contributed by atoms with Crippen LogP contribution in [0.1, 0.15) is 84.0 Å². The number of nitriles is 2. The number of rotatable bonds is 17. The molecule has 5 heteroatoms. The van der Waals surface area contributed by atoms with E-state index in [9.17, 15) is 4.79 Å². The molecule has 5 nitrogen and oxygen atoms in total. The lowest BCUT2D eigenvalue weighted by molar-refractivity contribution is 0.0993. The number of carbonyl (C=O) groups is 1. The highest BCUT2D eigenvalue weighted by Crippen LogP contribution is 2.28. The third kappa shape index (κ3) is 10.6. The third-order valence-electron chi connectivity index (χ3n) is 10.5. The van der Waals surface area contributed by atoms with Crippen molar-refractivity contribution in [3.8, 4) is 51.3 Å². The molecule has 0 aliphatic rings. The summed E-state index contributed by atoms with van der Waals surface area (Å²) >= 11 is 0. The van der Waals surface area contributed by atoms with E-state index in [1.165, 1.54) is 61.6 Å². The van der Waals surface area contributed by atoms with E-state index in [1.54, 1.807) is 24.1 Å². The molecule has 6 aromatic carbocycles. The van der Waals surface area contributed by atoms with Gasteiger partial charge in [-0.15, -0.1) is 0 Å². The van der Waals surface area contributed by atoms with Crippen molar-refractivity contribution in [1.82, 2.24) is 0 Å². The molecule has 0 fully saturated rings. The molecule has 0 aliphatic carbocycles.